The lowest BCUT2D eigenvalue weighted by molar-refractivity contribution is -0.165. The fourth-order valence-corrected chi connectivity index (χ4v) is 0.555. The van der Waals surface area contributed by atoms with E-state index in [1.807, 2.05) is 0 Å². The minimum absolute atomic E-state index is 0.558. The zero-order valence-electron chi connectivity index (χ0n) is 14.7. The standard InChI is InChI=1S/C4H6O6.2C4H4O4.H3O4P/c5-1(3(7)8)2(6)4(9)10;2*5-3(6)1-2-4(7)8;1-5(2,3)4/h1-2,5-6H,(H,7,8)(H,9,10);2*1-2H,(H,5,6)(H,7,8);(H3,1,2,3,4)/b;2-1+;2-1-;/t1-,2-;;;/m1.../s1. The first-order valence-corrected chi connectivity index (χ1v) is 8.16. The molecule has 178 valence electrons. The first kappa shape index (κ1) is 34.8. The van der Waals surface area contributed by atoms with Crippen molar-refractivity contribution >= 4 is 43.6 Å². The van der Waals surface area contributed by atoms with E-state index in [0.29, 0.717) is 24.3 Å². The highest BCUT2D eigenvalue weighted by molar-refractivity contribution is 7.45. The average molecular weight is 480 g/mol. The van der Waals surface area contributed by atoms with Gasteiger partial charge in [-0.25, -0.2) is 33.3 Å². The normalized spacial score (nSPS) is 11.9. The van der Waals surface area contributed by atoms with Gasteiger partial charge in [0, 0.05) is 24.3 Å². The lowest BCUT2D eigenvalue weighted by Gasteiger charge is -2.07. The highest BCUT2D eigenvalue weighted by atomic mass is 31.2. The van der Waals surface area contributed by atoms with Gasteiger partial charge in [-0.15, -0.1) is 0 Å². The summed E-state index contributed by atoms with van der Waals surface area (Å²) in [4.78, 5) is 79.3. The maximum atomic E-state index is 9.77. The number of aliphatic hydroxyl groups is 2. The molecule has 31 heavy (non-hydrogen) atoms. The van der Waals surface area contributed by atoms with Crippen LogP contribution in [0.5, 0.6) is 0 Å². The van der Waals surface area contributed by atoms with Crippen LogP contribution in [0.25, 0.3) is 0 Å². The summed E-state index contributed by atoms with van der Waals surface area (Å²) in [6, 6.07) is 0. The SMILES string of the molecule is O=C(O)/C=C/C(=O)O.O=C(O)/C=C\C(=O)O.O=C(O)[C@H](O)[C@@H](O)C(=O)O.O=P(O)(O)O. The second-order valence-electron chi connectivity index (χ2n) is 4.10. The number of carboxylic acid groups (broad SMARTS) is 6. The van der Waals surface area contributed by atoms with Crippen molar-refractivity contribution in [3.8, 4) is 0 Å². The first-order valence-electron chi connectivity index (χ1n) is 6.60. The van der Waals surface area contributed by atoms with Crippen LogP contribution < -0.4 is 0 Å². The van der Waals surface area contributed by atoms with E-state index < -0.39 is 55.8 Å². The minimum atomic E-state index is -4.64. The summed E-state index contributed by atoms with van der Waals surface area (Å²) in [5.41, 5.74) is 0. The third-order valence-electron chi connectivity index (χ3n) is 1.54. The van der Waals surface area contributed by atoms with Crippen LogP contribution in [-0.4, -0.2) is 104 Å². The fraction of sp³-hybridized carbons (Fsp3) is 0.167. The topological polar surface area (TPSA) is 342 Å². The monoisotopic (exact) mass is 480 g/mol. The zero-order valence-corrected chi connectivity index (χ0v) is 15.6. The van der Waals surface area contributed by atoms with Gasteiger partial charge in [0.05, 0.1) is 0 Å². The van der Waals surface area contributed by atoms with Crippen molar-refractivity contribution in [1.29, 1.82) is 0 Å². The molecule has 0 aromatic heterocycles. The van der Waals surface area contributed by atoms with Gasteiger partial charge in [0.1, 0.15) is 0 Å². The molecule has 2 atom stereocenters. The van der Waals surface area contributed by atoms with Crippen molar-refractivity contribution in [3.63, 3.8) is 0 Å². The van der Waals surface area contributed by atoms with Crippen molar-refractivity contribution in [2.45, 2.75) is 12.2 Å². The van der Waals surface area contributed by atoms with Gasteiger partial charge < -0.3 is 55.5 Å². The van der Waals surface area contributed by atoms with E-state index in [2.05, 4.69) is 0 Å². The molecule has 0 saturated carbocycles. The molecule has 0 radical (unpaired) electrons. The molecule has 0 aliphatic carbocycles. The van der Waals surface area contributed by atoms with Crippen molar-refractivity contribution < 1.29 is 88.9 Å². The van der Waals surface area contributed by atoms with Crippen LogP contribution in [0.2, 0.25) is 0 Å². The number of hydrogen-bond acceptors (Lipinski definition) is 9. The highest BCUT2D eigenvalue weighted by Crippen LogP contribution is 2.25. The molecular formula is C12H17O18P. The van der Waals surface area contributed by atoms with E-state index >= 15 is 0 Å². The summed E-state index contributed by atoms with van der Waals surface area (Å²) in [5, 5.41) is 63.8. The highest BCUT2D eigenvalue weighted by Gasteiger charge is 2.29. The van der Waals surface area contributed by atoms with Gasteiger partial charge in [0.15, 0.2) is 12.2 Å². The number of carboxylic acids is 6. The van der Waals surface area contributed by atoms with E-state index in [0.717, 1.165) is 0 Å². The Bertz CT molecular complexity index is 638. The summed E-state index contributed by atoms with van der Waals surface area (Å²) < 4.78 is 8.88. The second-order valence-corrected chi connectivity index (χ2v) is 5.13. The summed E-state index contributed by atoms with van der Waals surface area (Å²) in [6.45, 7) is 0. The summed E-state index contributed by atoms with van der Waals surface area (Å²) >= 11 is 0. The molecular weight excluding hydrogens is 463 g/mol. The Morgan fingerprint density at radius 3 is 0.710 bits per heavy atom. The maximum absolute atomic E-state index is 9.77. The van der Waals surface area contributed by atoms with Gasteiger partial charge >= 0.3 is 43.6 Å². The molecule has 0 heterocycles. The summed E-state index contributed by atoms with van der Waals surface area (Å²) in [7, 11) is -4.64. The zero-order chi connectivity index (χ0) is 25.9. The molecule has 0 amide bonds. The summed E-state index contributed by atoms with van der Waals surface area (Å²) in [5.74, 6) is -8.57. The van der Waals surface area contributed by atoms with Crippen molar-refractivity contribution in [2.24, 2.45) is 0 Å². The number of aliphatic carboxylic acids is 6. The Morgan fingerprint density at radius 1 is 0.516 bits per heavy atom. The lowest BCUT2D eigenvalue weighted by Crippen LogP contribution is -2.39. The molecule has 0 saturated heterocycles. The van der Waals surface area contributed by atoms with Gasteiger partial charge in [0.25, 0.3) is 0 Å². The molecule has 0 aliphatic heterocycles. The van der Waals surface area contributed by atoms with E-state index in [9.17, 15) is 28.8 Å². The molecule has 0 fully saturated rings. The van der Waals surface area contributed by atoms with Crippen LogP contribution in [0.15, 0.2) is 24.3 Å². The van der Waals surface area contributed by atoms with Crippen molar-refractivity contribution in [1.82, 2.24) is 0 Å². The lowest BCUT2D eigenvalue weighted by atomic mass is 10.2. The first-order chi connectivity index (χ1) is 13.7. The maximum Gasteiger partial charge on any atom is 0.466 e. The predicted molar refractivity (Wildman–Crippen MR) is 90.4 cm³/mol. The fourth-order valence-electron chi connectivity index (χ4n) is 0.555. The van der Waals surface area contributed by atoms with Crippen LogP contribution in [0.4, 0.5) is 0 Å². The van der Waals surface area contributed by atoms with Gasteiger partial charge in [-0.2, -0.15) is 0 Å². The second kappa shape index (κ2) is 18.4. The summed E-state index contributed by atoms with van der Waals surface area (Å²) in [6.07, 6.45) is -2.30. The van der Waals surface area contributed by atoms with Crippen LogP contribution in [0.1, 0.15) is 0 Å². The molecule has 0 rings (SSSR count). The van der Waals surface area contributed by atoms with E-state index in [4.69, 9.17) is 60.1 Å². The number of carbonyl (C=O) groups is 6. The Kier molecular flexibility index (Phi) is 20.6. The number of rotatable bonds is 7. The number of phosphoric acid groups is 1. The molecule has 0 bridgehead atoms. The Hall–Kier alpha value is -3.67. The van der Waals surface area contributed by atoms with Crippen LogP contribution in [0, 0.1) is 0 Å². The van der Waals surface area contributed by atoms with Gasteiger partial charge in [-0.3, -0.25) is 0 Å². The average Bonchev–Trinajstić information content (AvgIpc) is 2.56. The quantitative estimate of drug-likeness (QED) is 0.124. The van der Waals surface area contributed by atoms with Gasteiger partial charge in [-0.05, 0) is 0 Å². The molecule has 18 nitrogen and oxygen atoms in total. The van der Waals surface area contributed by atoms with Crippen LogP contribution >= 0.6 is 7.82 Å². The number of aliphatic hydroxyl groups excluding tert-OH is 2. The van der Waals surface area contributed by atoms with Gasteiger partial charge in [-0.1, -0.05) is 0 Å². The predicted octanol–water partition coefficient (Wildman–Crippen LogP) is -3.63. The molecule has 19 heteroatoms. The Labute approximate surface area is 170 Å². The third kappa shape index (κ3) is 46.4. The largest absolute Gasteiger partial charge is 0.479 e. The molecule has 0 aliphatic rings. The minimum Gasteiger partial charge on any atom is -0.479 e. The molecule has 11 N–H and O–H groups in total. The molecule has 0 aromatic carbocycles. The van der Waals surface area contributed by atoms with E-state index in [1.54, 1.807) is 0 Å². The van der Waals surface area contributed by atoms with E-state index in [1.165, 1.54) is 0 Å². The molecule has 0 unspecified atom stereocenters. The van der Waals surface area contributed by atoms with Crippen molar-refractivity contribution in [2.75, 3.05) is 0 Å². The molecule has 0 spiro atoms. The van der Waals surface area contributed by atoms with E-state index in [-0.39, 0.29) is 0 Å². The third-order valence-corrected chi connectivity index (χ3v) is 1.54. The number of hydrogen-bond donors (Lipinski definition) is 11. The Morgan fingerprint density at radius 2 is 0.645 bits per heavy atom. The van der Waals surface area contributed by atoms with Crippen LogP contribution in [0.3, 0.4) is 0 Å². The van der Waals surface area contributed by atoms with Gasteiger partial charge in [0.2, 0.25) is 0 Å². The molecule has 0 aromatic rings. The smallest absolute Gasteiger partial charge is 0.466 e. The van der Waals surface area contributed by atoms with Crippen molar-refractivity contribution in [3.05, 3.63) is 24.3 Å². The van der Waals surface area contributed by atoms with Crippen LogP contribution in [-0.2, 0) is 33.3 Å². The Balaban J connectivity index is -0.000000161.